The van der Waals surface area contributed by atoms with Gasteiger partial charge in [-0.25, -0.2) is 12.7 Å². The van der Waals surface area contributed by atoms with E-state index in [-0.39, 0.29) is 11.9 Å². The monoisotopic (exact) mass is 262 g/mol. The van der Waals surface area contributed by atoms with Crippen molar-refractivity contribution in [2.75, 3.05) is 31.9 Å². The molecule has 0 aliphatic carbocycles. The Kier molecular flexibility index (Phi) is 4.41. The molecule has 2 saturated heterocycles. The van der Waals surface area contributed by atoms with Gasteiger partial charge in [0.1, 0.15) is 0 Å². The Hall–Kier alpha value is -0.170. The number of aliphatic hydroxyl groups excluding tert-OH is 1. The molecular weight excluding hydrogens is 240 g/mol. The van der Waals surface area contributed by atoms with Gasteiger partial charge in [-0.2, -0.15) is 0 Å². The predicted octanol–water partition coefficient (Wildman–Crippen LogP) is -0.227. The van der Waals surface area contributed by atoms with E-state index in [4.69, 9.17) is 0 Å². The zero-order valence-electron chi connectivity index (χ0n) is 10.1. The topological polar surface area (TPSA) is 69.6 Å². The zero-order chi connectivity index (χ0) is 12.3. The minimum absolute atomic E-state index is 0.283. The van der Waals surface area contributed by atoms with Crippen LogP contribution in [0.3, 0.4) is 0 Å². The molecule has 5 nitrogen and oxygen atoms in total. The van der Waals surface area contributed by atoms with Crippen LogP contribution in [0.25, 0.3) is 0 Å². The highest BCUT2D eigenvalue weighted by Gasteiger charge is 2.29. The fraction of sp³-hybridized carbons (Fsp3) is 1.00. The van der Waals surface area contributed by atoms with Crippen molar-refractivity contribution < 1.29 is 13.5 Å². The Labute approximate surface area is 103 Å². The summed E-state index contributed by atoms with van der Waals surface area (Å²) in [6.45, 7) is 2.82. The summed E-state index contributed by atoms with van der Waals surface area (Å²) in [6.07, 6.45) is 2.74. The lowest BCUT2D eigenvalue weighted by molar-refractivity contribution is 0.113. The fourth-order valence-electron chi connectivity index (χ4n) is 2.57. The molecule has 2 aliphatic rings. The maximum atomic E-state index is 12.2. The molecule has 0 aromatic carbocycles. The predicted molar refractivity (Wildman–Crippen MR) is 66.2 cm³/mol. The number of hydrogen-bond acceptors (Lipinski definition) is 4. The molecule has 0 amide bonds. The van der Waals surface area contributed by atoms with Crippen molar-refractivity contribution in [1.82, 2.24) is 9.62 Å². The highest BCUT2D eigenvalue weighted by atomic mass is 32.2. The largest absolute Gasteiger partial charge is 0.393 e. The summed E-state index contributed by atoms with van der Waals surface area (Å²) in [7, 11) is -3.11. The highest BCUT2D eigenvalue weighted by molar-refractivity contribution is 7.89. The van der Waals surface area contributed by atoms with E-state index >= 15 is 0 Å². The maximum Gasteiger partial charge on any atom is 0.214 e. The molecule has 2 aliphatic heterocycles. The van der Waals surface area contributed by atoms with Crippen LogP contribution in [-0.2, 0) is 10.0 Å². The number of nitrogens with zero attached hydrogens (tertiary/aromatic N) is 1. The van der Waals surface area contributed by atoms with Crippen LogP contribution in [-0.4, -0.2) is 55.9 Å². The van der Waals surface area contributed by atoms with E-state index in [0.717, 1.165) is 25.9 Å². The molecule has 2 fully saturated rings. The van der Waals surface area contributed by atoms with E-state index in [9.17, 15) is 13.5 Å². The summed E-state index contributed by atoms with van der Waals surface area (Å²) in [6, 6.07) is 0. The lowest BCUT2D eigenvalue weighted by Crippen LogP contribution is -2.43. The summed E-state index contributed by atoms with van der Waals surface area (Å²) < 4.78 is 25.9. The van der Waals surface area contributed by atoms with E-state index in [0.29, 0.717) is 31.8 Å². The third kappa shape index (κ3) is 3.64. The second-order valence-corrected chi connectivity index (χ2v) is 7.12. The van der Waals surface area contributed by atoms with Crippen molar-refractivity contribution in [2.45, 2.75) is 31.8 Å². The number of nitrogens with one attached hydrogen (secondary N) is 1. The third-order valence-electron chi connectivity index (χ3n) is 3.72. The SMILES string of the molecule is O=S(=O)(CC1CCNCC1)N1CCC(O)CC1. The molecular formula is C11H22N2O3S. The minimum atomic E-state index is -3.11. The average Bonchev–Trinajstić information content (AvgIpc) is 2.30. The van der Waals surface area contributed by atoms with Crippen molar-refractivity contribution in [3.8, 4) is 0 Å². The third-order valence-corrected chi connectivity index (χ3v) is 5.77. The lowest BCUT2D eigenvalue weighted by Gasteiger charge is -2.31. The van der Waals surface area contributed by atoms with Gasteiger partial charge in [-0.1, -0.05) is 0 Å². The number of rotatable bonds is 3. The molecule has 0 atom stereocenters. The second-order valence-electron chi connectivity index (χ2n) is 5.10. The van der Waals surface area contributed by atoms with Crippen LogP contribution >= 0.6 is 0 Å². The van der Waals surface area contributed by atoms with Crippen molar-refractivity contribution in [3.05, 3.63) is 0 Å². The lowest BCUT2D eigenvalue weighted by atomic mass is 10.0. The standard InChI is InChI=1S/C11H22N2O3S/c14-11-3-7-13(8-4-11)17(15,16)9-10-1-5-12-6-2-10/h10-12,14H,1-9H2. The van der Waals surface area contributed by atoms with Crippen molar-refractivity contribution in [3.63, 3.8) is 0 Å². The molecule has 0 bridgehead atoms. The number of piperidine rings is 2. The van der Waals surface area contributed by atoms with Crippen LogP contribution in [0.15, 0.2) is 0 Å². The Morgan fingerprint density at radius 2 is 1.71 bits per heavy atom. The van der Waals surface area contributed by atoms with Crippen LogP contribution in [0.1, 0.15) is 25.7 Å². The van der Waals surface area contributed by atoms with Crippen LogP contribution in [0.5, 0.6) is 0 Å². The molecule has 2 rings (SSSR count). The van der Waals surface area contributed by atoms with E-state index in [1.807, 2.05) is 0 Å². The zero-order valence-corrected chi connectivity index (χ0v) is 11.0. The summed E-state index contributed by atoms with van der Waals surface area (Å²) in [4.78, 5) is 0. The van der Waals surface area contributed by atoms with Crippen LogP contribution in [0.4, 0.5) is 0 Å². The van der Waals surface area contributed by atoms with Gasteiger partial charge in [-0.3, -0.25) is 0 Å². The van der Waals surface area contributed by atoms with E-state index in [1.54, 1.807) is 4.31 Å². The van der Waals surface area contributed by atoms with E-state index < -0.39 is 10.0 Å². The van der Waals surface area contributed by atoms with Crippen LogP contribution in [0.2, 0.25) is 0 Å². The molecule has 0 unspecified atom stereocenters. The van der Waals surface area contributed by atoms with Gasteiger partial charge in [0, 0.05) is 13.1 Å². The Bertz CT molecular complexity index is 331. The Balaban J connectivity index is 1.89. The van der Waals surface area contributed by atoms with Crippen molar-refractivity contribution in [2.24, 2.45) is 5.92 Å². The first-order valence-corrected chi connectivity index (χ1v) is 8.05. The van der Waals surface area contributed by atoms with Crippen LogP contribution < -0.4 is 5.32 Å². The van der Waals surface area contributed by atoms with Gasteiger partial charge < -0.3 is 10.4 Å². The van der Waals surface area contributed by atoms with Crippen molar-refractivity contribution >= 4 is 10.0 Å². The number of aliphatic hydroxyl groups is 1. The molecule has 0 aromatic heterocycles. The van der Waals surface area contributed by atoms with Gasteiger partial charge in [-0.05, 0) is 44.7 Å². The first kappa shape index (κ1) is 13.3. The quantitative estimate of drug-likeness (QED) is 0.737. The Morgan fingerprint density at radius 3 is 2.29 bits per heavy atom. The first-order chi connectivity index (χ1) is 8.08. The molecule has 0 spiro atoms. The summed E-state index contributed by atoms with van der Waals surface area (Å²) >= 11 is 0. The van der Waals surface area contributed by atoms with Gasteiger partial charge in [0.15, 0.2) is 0 Å². The molecule has 0 radical (unpaired) electrons. The first-order valence-electron chi connectivity index (χ1n) is 6.44. The summed E-state index contributed by atoms with van der Waals surface area (Å²) in [5.41, 5.74) is 0. The van der Waals surface area contributed by atoms with Gasteiger partial charge >= 0.3 is 0 Å². The smallest absolute Gasteiger partial charge is 0.214 e. The number of sulfonamides is 1. The molecule has 100 valence electrons. The molecule has 6 heteroatoms. The molecule has 2 heterocycles. The summed E-state index contributed by atoms with van der Waals surface area (Å²) in [5.74, 6) is 0.582. The molecule has 0 aromatic rings. The number of hydrogen-bond donors (Lipinski definition) is 2. The minimum Gasteiger partial charge on any atom is -0.393 e. The van der Waals surface area contributed by atoms with Gasteiger partial charge in [0.25, 0.3) is 0 Å². The van der Waals surface area contributed by atoms with E-state index in [1.165, 1.54) is 0 Å². The molecule has 17 heavy (non-hydrogen) atoms. The van der Waals surface area contributed by atoms with Crippen LogP contribution in [0, 0.1) is 5.92 Å². The van der Waals surface area contributed by atoms with Gasteiger partial charge in [0.05, 0.1) is 11.9 Å². The second kappa shape index (κ2) is 5.65. The molecule has 0 saturated carbocycles. The van der Waals surface area contributed by atoms with Gasteiger partial charge in [0.2, 0.25) is 10.0 Å². The average molecular weight is 262 g/mol. The fourth-order valence-corrected chi connectivity index (χ4v) is 4.48. The Morgan fingerprint density at radius 1 is 1.12 bits per heavy atom. The normalized spacial score (nSPS) is 26.2. The van der Waals surface area contributed by atoms with Crippen molar-refractivity contribution in [1.29, 1.82) is 0 Å². The van der Waals surface area contributed by atoms with E-state index in [2.05, 4.69) is 5.32 Å². The highest BCUT2D eigenvalue weighted by Crippen LogP contribution is 2.20. The summed E-state index contributed by atoms with van der Waals surface area (Å²) in [5, 5.41) is 12.6. The molecule has 2 N–H and O–H groups in total. The maximum absolute atomic E-state index is 12.2. The van der Waals surface area contributed by atoms with Gasteiger partial charge in [-0.15, -0.1) is 0 Å².